The number of hydrogen-bond acceptors (Lipinski definition) is 2. The Labute approximate surface area is 94.5 Å². The van der Waals surface area contributed by atoms with Crippen molar-refractivity contribution in [2.75, 3.05) is 25.4 Å². The van der Waals surface area contributed by atoms with Crippen molar-refractivity contribution in [3.63, 3.8) is 0 Å². The number of likely N-dealkylation sites (tertiary alicyclic amines) is 1. The van der Waals surface area contributed by atoms with E-state index in [-0.39, 0.29) is 17.5 Å². The second-order valence-corrected chi connectivity index (χ2v) is 5.79. The normalized spacial score (nSPS) is 25.3. The van der Waals surface area contributed by atoms with Gasteiger partial charge in [0.15, 0.2) is 0 Å². The van der Waals surface area contributed by atoms with Gasteiger partial charge in [0.25, 0.3) is 0 Å². The van der Waals surface area contributed by atoms with Crippen molar-refractivity contribution in [3.8, 4) is 0 Å². The molecule has 1 unspecified atom stereocenters. The molecular formula is C8H13BrF3NS. The third-order valence-corrected chi connectivity index (χ3v) is 3.58. The van der Waals surface area contributed by atoms with Crippen LogP contribution >= 0.6 is 27.7 Å². The molecule has 0 aliphatic carbocycles. The minimum atomic E-state index is -4.08. The lowest BCUT2D eigenvalue weighted by Crippen LogP contribution is -2.37. The number of thioether (sulfide) groups is 1. The fraction of sp³-hybridized carbons (Fsp3) is 1.00. The van der Waals surface area contributed by atoms with E-state index in [9.17, 15) is 13.2 Å². The van der Waals surface area contributed by atoms with Crippen LogP contribution in [0.1, 0.15) is 12.8 Å². The van der Waals surface area contributed by atoms with Gasteiger partial charge in [-0.05, 0) is 31.1 Å². The van der Waals surface area contributed by atoms with E-state index < -0.39 is 5.51 Å². The molecule has 84 valence electrons. The molecule has 6 heteroatoms. The molecule has 1 heterocycles. The zero-order valence-corrected chi connectivity index (χ0v) is 10.1. The average Bonchev–Trinajstić information content (AvgIpc) is 2.01. The van der Waals surface area contributed by atoms with E-state index in [2.05, 4.69) is 20.8 Å². The highest BCUT2D eigenvalue weighted by Gasteiger charge is 2.28. The highest BCUT2D eigenvalue weighted by Crippen LogP contribution is 2.30. The molecule has 1 saturated heterocycles. The summed E-state index contributed by atoms with van der Waals surface area (Å²) in [7, 11) is 0. The van der Waals surface area contributed by atoms with E-state index in [0.29, 0.717) is 11.4 Å². The third-order valence-electron chi connectivity index (χ3n) is 2.12. The maximum atomic E-state index is 11.8. The molecule has 0 radical (unpaired) electrons. The van der Waals surface area contributed by atoms with Crippen LogP contribution in [0.2, 0.25) is 0 Å². The van der Waals surface area contributed by atoms with Crippen molar-refractivity contribution in [1.82, 2.24) is 4.90 Å². The molecule has 1 rings (SSSR count). The summed E-state index contributed by atoms with van der Waals surface area (Å²) in [6.07, 6.45) is 2.20. The number of nitrogens with zero attached hydrogens (tertiary/aromatic N) is 1. The standard InChI is InChI=1S/C8H13BrF3NS/c9-7-2-1-3-13(6-7)4-5-14-8(10,11)12/h7H,1-6H2. The molecule has 0 aromatic rings. The predicted molar refractivity (Wildman–Crippen MR) is 56.9 cm³/mol. The van der Waals surface area contributed by atoms with Crippen molar-refractivity contribution >= 4 is 27.7 Å². The number of hydrogen-bond donors (Lipinski definition) is 0. The monoisotopic (exact) mass is 291 g/mol. The smallest absolute Gasteiger partial charge is 0.301 e. The van der Waals surface area contributed by atoms with E-state index >= 15 is 0 Å². The lowest BCUT2D eigenvalue weighted by atomic mass is 10.1. The van der Waals surface area contributed by atoms with Crippen LogP contribution < -0.4 is 0 Å². The Bertz CT molecular complexity index is 176. The lowest BCUT2D eigenvalue weighted by molar-refractivity contribution is -0.0328. The summed E-state index contributed by atoms with van der Waals surface area (Å²) < 4.78 is 35.5. The SMILES string of the molecule is FC(F)(F)SCCN1CCCC(Br)C1. The first kappa shape index (κ1) is 12.6. The largest absolute Gasteiger partial charge is 0.441 e. The molecule has 1 fully saturated rings. The van der Waals surface area contributed by atoms with Gasteiger partial charge < -0.3 is 4.90 Å². The van der Waals surface area contributed by atoms with Gasteiger partial charge in [0, 0.05) is 23.7 Å². The van der Waals surface area contributed by atoms with Gasteiger partial charge in [-0.1, -0.05) is 15.9 Å². The third kappa shape index (κ3) is 5.46. The van der Waals surface area contributed by atoms with Crippen LogP contribution in [0, 0.1) is 0 Å². The Kier molecular flexibility index (Phi) is 5.06. The van der Waals surface area contributed by atoms with Crippen LogP contribution in [0.25, 0.3) is 0 Å². The molecule has 0 bridgehead atoms. The van der Waals surface area contributed by atoms with Crippen molar-refractivity contribution < 1.29 is 13.2 Å². The quantitative estimate of drug-likeness (QED) is 0.735. The minimum absolute atomic E-state index is 0.0715. The highest BCUT2D eigenvalue weighted by molar-refractivity contribution is 9.09. The Morgan fingerprint density at radius 2 is 2.14 bits per heavy atom. The van der Waals surface area contributed by atoms with Gasteiger partial charge >= 0.3 is 5.51 Å². The van der Waals surface area contributed by atoms with Crippen molar-refractivity contribution in [3.05, 3.63) is 0 Å². The molecule has 0 amide bonds. The van der Waals surface area contributed by atoms with Crippen molar-refractivity contribution in [1.29, 1.82) is 0 Å². The first-order valence-electron chi connectivity index (χ1n) is 4.54. The number of rotatable bonds is 3. The molecule has 0 aromatic carbocycles. The van der Waals surface area contributed by atoms with Crippen LogP contribution in [0.3, 0.4) is 0 Å². The maximum Gasteiger partial charge on any atom is 0.441 e. The molecule has 0 N–H and O–H groups in total. The summed E-state index contributed by atoms with van der Waals surface area (Å²) in [5.41, 5.74) is -4.08. The fourth-order valence-corrected chi connectivity index (χ4v) is 2.81. The van der Waals surface area contributed by atoms with Crippen LogP contribution in [0.15, 0.2) is 0 Å². The van der Waals surface area contributed by atoms with Gasteiger partial charge in [0.2, 0.25) is 0 Å². The summed E-state index contributed by atoms with van der Waals surface area (Å²) in [5, 5.41) is 0. The minimum Gasteiger partial charge on any atom is -0.301 e. The van der Waals surface area contributed by atoms with Gasteiger partial charge in [0.05, 0.1) is 0 Å². The van der Waals surface area contributed by atoms with Gasteiger partial charge in [-0.15, -0.1) is 0 Å². The Morgan fingerprint density at radius 1 is 1.43 bits per heavy atom. The van der Waals surface area contributed by atoms with Crippen LogP contribution in [0.4, 0.5) is 13.2 Å². The van der Waals surface area contributed by atoms with Crippen molar-refractivity contribution in [2.24, 2.45) is 0 Å². The fourth-order valence-electron chi connectivity index (χ4n) is 1.49. The molecule has 1 nitrogen and oxygen atoms in total. The zero-order chi connectivity index (χ0) is 10.6. The first-order chi connectivity index (χ1) is 6.47. The molecule has 1 atom stereocenters. The van der Waals surface area contributed by atoms with Gasteiger partial charge in [-0.25, -0.2) is 0 Å². The van der Waals surface area contributed by atoms with Gasteiger partial charge in [-0.2, -0.15) is 13.2 Å². The van der Waals surface area contributed by atoms with Gasteiger partial charge in [0.1, 0.15) is 0 Å². The average molecular weight is 292 g/mol. The van der Waals surface area contributed by atoms with Crippen LogP contribution in [-0.2, 0) is 0 Å². The second-order valence-electron chi connectivity index (χ2n) is 3.33. The molecule has 1 aliphatic heterocycles. The van der Waals surface area contributed by atoms with Crippen molar-refractivity contribution in [2.45, 2.75) is 23.2 Å². The van der Waals surface area contributed by atoms with E-state index in [1.54, 1.807) is 0 Å². The topological polar surface area (TPSA) is 3.24 Å². The Balaban J connectivity index is 2.12. The van der Waals surface area contributed by atoms with Crippen LogP contribution in [-0.4, -0.2) is 40.6 Å². The summed E-state index contributed by atoms with van der Waals surface area (Å²) in [6.45, 7) is 2.34. The van der Waals surface area contributed by atoms with E-state index in [4.69, 9.17) is 0 Å². The number of piperidine rings is 1. The molecule has 14 heavy (non-hydrogen) atoms. The molecule has 0 spiro atoms. The Morgan fingerprint density at radius 3 is 2.71 bits per heavy atom. The van der Waals surface area contributed by atoms with E-state index in [0.717, 1.165) is 25.9 Å². The maximum absolute atomic E-state index is 11.8. The lowest BCUT2D eigenvalue weighted by Gasteiger charge is -2.29. The molecule has 0 saturated carbocycles. The predicted octanol–water partition coefficient (Wildman–Crippen LogP) is 3.10. The summed E-state index contributed by atoms with van der Waals surface area (Å²) in [4.78, 5) is 2.54. The number of alkyl halides is 4. The first-order valence-corrected chi connectivity index (χ1v) is 6.44. The number of halogens is 4. The highest BCUT2D eigenvalue weighted by atomic mass is 79.9. The van der Waals surface area contributed by atoms with Gasteiger partial charge in [-0.3, -0.25) is 0 Å². The zero-order valence-electron chi connectivity index (χ0n) is 7.69. The molecule has 1 aliphatic rings. The second kappa shape index (κ2) is 5.61. The molecule has 0 aromatic heterocycles. The van der Waals surface area contributed by atoms with Crippen LogP contribution in [0.5, 0.6) is 0 Å². The van der Waals surface area contributed by atoms with E-state index in [1.165, 1.54) is 0 Å². The Hall–Kier alpha value is 0.580. The summed E-state index contributed by atoms with van der Waals surface area (Å²) >= 11 is 3.56. The molecular weight excluding hydrogens is 279 g/mol. The van der Waals surface area contributed by atoms with E-state index in [1.807, 2.05) is 0 Å². The summed E-state index contributed by atoms with van der Waals surface area (Å²) in [5.74, 6) is 0.142. The summed E-state index contributed by atoms with van der Waals surface area (Å²) in [6, 6.07) is 0.